The van der Waals surface area contributed by atoms with E-state index in [1.165, 1.54) is 87.3 Å². The fourth-order valence-corrected chi connectivity index (χ4v) is 7.85. The van der Waals surface area contributed by atoms with E-state index in [2.05, 4.69) is 184 Å². The minimum atomic E-state index is 1.13. The molecule has 49 heavy (non-hydrogen) atoms. The third-order valence-electron chi connectivity index (χ3n) is 9.66. The molecule has 0 saturated heterocycles. The first kappa shape index (κ1) is 30.8. The number of hydrogen-bond acceptors (Lipinski definition) is 1. The number of thiophene rings is 1. The third kappa shape index (κ3) is 6.64. The predicted molar refractivity (Wildman–Crippen MR) is 215 cm³/mol. The number of allylic oxidation sites excluding steroid dienone is 5. The summed E-state index contributed by atoms with van der Waals surface area (Å²) in [7, 11) is 0. The van der Waals surface area contributed by atoms with Crippen molar-refractivity contribution in [3.63, 3.8) is 0 Å². The van der Waals surface area contributed by atoms with Gasteiger partial charge in [-0.1, -0.05) is 152 Å². The largest absolute Gasteiger partial charge is 0.135 e. The Bertz CT molecular complexity index is 2330. The van der Waals surface area contributed by atoms with Crippen molar-refractivity contribution in [3.8, 4) is 43.8 Å². The summed E-state index contributed by atoms with van der Waals surface area (Å²) in [5, 5.41) is 1.30. The molecule has 1 aliphatic carbocycles. The van der Waals surface area contributed by atoms with Crippen LogP contribution >= 0.6 is 11.3 Å². The van der Waals surface area contributed by atoms with Crippen molar-refractivity contribution in [2.75, 3.05) is 0 Å². The van der Waals surface area contributed by atoms with Crippen LogP contribution in [0.4, 0.5) is 0 Å². The molecule has 8 rings (SSSR count). The van der Waals surface area contributed by atoms with Gasteiger partial charge in [-0.25, -0.2) is 0 Å². The first-order valence-corrected chi connectivity index (χ1v) is 18.0. The van der Waals surface area contributed by atoms with E-state index < -0.39 is 0 Å². The molecule has 1 aliphatic rings. The fourth-order valence-electron chi connectivity index (χ4n) is 6.75. The second-order valence-corrected chi connectivity index (χ2v) is 14.1. The van der Waals surface area contributed by atoms with E-state index in [9.17, 15) is 0 Å². The maximum atomic E-state index is 2.36. The van der Waals surface area contributed by atoms with Gasteiger partial charge in [-0.05, 0) is 123 Å². The molecule has 6 aromatic carbocycles. The van der Waals surface area contributed by atoms with Gasteiger partial charge >= 0.3 is 0 Å². The Hall–Kier alpha value is -5.50. The smallest absolute Gasteiger partial charge is 0.0355 e. The Balaban J connectivity index is 0.981. The Morgan fingerprint density at radius 1 is 0.551 bits per heavy atom. The molecule has 0 amide bonds. The average Bonchev–Trinajstić information content (AvgIpc) is 3.58. The van der Waals surface area contributed by atoms with E-state index in [-0.39, 0.29) is 0 Å². The van der Waals surface area contributed by atoms with Crippen LogP contribution in [0.2, 0.25) is 0 Å². The minimum absolute atomic E-state index is 1.13. The molecule has 0 aliphatic heterocycles. The molecule has 0 unspecified atom stereocenters. The molecule has 0 radical (unpaired) electrons. The van der Waals surface area contributed by atoms with Crippen LogP contribution in [0.5, 0.6) is 0 Å². The molecule has 1 heterocycles. The summed E-state index contributed by atoms with van der Waals surface area (Å²) in [5.41, 5.74) is 16.4. The Labute approximate surface area is 294 Å². The van der Waals surface area contributed by atoms with Gasteiger partial charge < -0.3 is 0 Å². The molecular formula is C48H38S. The molecular weight excluding hydrogens is 609 g/mol. The molecule has 7 aromatic rings. The van der Waals surface area contributed by atoms with Crippen LogP contribution in [-0.2, 0) is 0 Å². The van der Waals surface area contributed by atoms with Crippen molar-refractivity contribution >= 4 is 38.6 Å². The van der Waals surface area contributed by atoms with E-state index in [1.54, 1.807) is 0 Å². The van der Waals surface area contributed by atoms with Crippen LogP contribution < -0.4 is 0 Å². The molecule has 1 aromatic heterocycles. The monoisotopic (exact) mass is 646 g/mol. The summed E-state index contributed by atoms with van der Waals surface area (Å²) in [5.74, 6) is 0. The van der Waals surface area contributed by atoms with Crippen LogP contribution in [0, 0.1) is 6.92 Å². The second-order valence-electron chi connectivity index (χ2n) is 13.0. The summed E-state index contributed by atoms with van der Waals surface area (Å²) in [6, 6.07) is 53.4. The van der Waals surface area contributed by atoms with Crippen molar-refractivity contribution in [1.29, 1.82) is 0 Å². The highest BCUT2D eigenvalue weighted by atomic mass is 32.1. The van der Waals surface area contributed by atoms with Gasteiger partial charge in [-0.2, -0.15) is 0 Å². The SMILES string of the molecule is C/C(=C\c1cc2sc(-c3ccc(-c4ccc(-c5ccccc5)cc4)cc3)cc2cc1C)c1ccc(-c2ccc(C3=CCCC=C3)cc2)cc1. The Morgan fingerprint density at radius 3 is 1.65 bits per heavy atom. The Kier molecular flexibility index (Phi) is 8.52. The normalized spacial score (nSPS) is 13.1. The highest BCUT2D eigenvalue weighted by Crippen LogP contribution is 2.37. The van der Waals surface area contributed by atoms with Crippen LogP contribution in [0.25, 0.3) is 71.1 Å². The second kappa shape index (κ2) is 13.5. The lowest BCUT2D eigenvalue weighted by Gasteiger charge is -2.10. The van der Waals surface area contributed by atoms with Gasteiger partial charge in [0, 0.05) is 9.58 Å². The lowest BCUT2D eigenvalue weighted by Crippen LogP contribution is -1.87. The van der Waals surface area contributed by atoms with Crippen molar-refractivity contribution < 1.29 is 0 Å². The van der Waals surface area contributed by atoms with Gasteiger partial charge in [0.15, 0.2) is 0 Å². The van der Waals surface area contributed by atoms with Gasteiger partial charge in [0.1, 0.15) is 0 Å². The molecule has 236 valence electrons. The van der Waals surface area contributed by atoms with Crippen molar-refractivity contribution in [2.45, 2.75) is 26.7 Å². The lowest BCUT2D eigenvalue weighted by atomic mass is 9.95. The van der Waals surface area contributed by atoms with E-state index >= 15 is 0 Å². The first-order valence-electron chi connectivity index (χ1n) is 17.1. The topological polar surface area (TPSA) is 0 Å². The molecule has 0 spiro atoms. The zero-order valence-electron chi connectivity index (χ0n) is 28.0. The zero-order valence-corrected chi connectivity index (χ0v) is 28.8. The summed E-state index contributed by atoms with van der Waals surface area (Å²) < 4.78 is 1.32. The predicted octanol–water partition coefficient (Wildman–Crippen LogP) is 14.2. The average molecular weight is 647 g/mol. The number of hydrogen-bond donors (Lipinski definition) is 0. The van der Waals surface area contributed by atoms with E-state index in [0.717, 1.165) is 12.8 Å². The fraction of sp³-hybridized carbons (Fsp3) is 0.0833. The van der Waals surface area contributed by atoms with E-state index in [1.807, 2.05) is 11.3 Å². The molecule has 0 bridgehead atoms. The summed E-state index contributed by atoms with van der Waals surface area (Å²) in [6.07, 6.45) is 11.5. The Morgan fingerprint density at radius 2 is 1.08 bits per heavy atom. The number of benzene rings is 6. The van der Waals surface area contributed by atoms with Crippen LogP contribution in [-0.4, -0.2) is 0 Å². The molecule has 0 saturated carbocycles. The van der Waals surface area contributed by atoms with Gasteiger partial charge in [0.2, 0.25) is 0 Å². The summed E-state index contributed by atoms with van der Waals surface area (Å²) >= 11 is 1.87. The number of aryl methyl sites for hydroxylation is 1. The molecule has 0 atom stereocenters. The molecule has 0 nitrogen and oxygen atoms in total. The van der Waals surface area contributed by atoms with Gasteiger partial charge in [0.05, 0.1) is 0 Å². The molecule has 1 heteroatoms. The third-order valence-corrected chi connectivity index (χ3v) is 10.8. The molecule has 0 N–H and O–H groups in total. The summed E-state index contributed by atoms with van der Waals surface area (Å²) in [6.45, 7) is 4.44. The van der Waals surface area contributed by atoms with Crippen molar-refractivity contribution in [2.24, 2.45) is 0 Å². The highest BCUT2D eigenvalue weighted by Gasteiger charge is 2.10. The minimum Gasteiger partial charge on any atom is -0.135 e. The maximum absolute atomic E-state index is 2.36. The van der Waals surface area contributed by atoms with Crippen molar-refractivity contribution in [1.82, 2.24) is 0 Å². The quantitative estimate of drug-likeness (QED) is 0.151. The summed E-state index contributed by atoms with van der Waals surface area (Å²) in [4.78, 5) is 1.30. The standard InChI is InChI=1S/C48H38S/c1-33(35-13-15-40(16-14-35)41-21-17-38(18-22-41)36-9-5-3-6-10-36)29-45-31-48-46(30-34(45)2)32-47(49-48)44-27-25-43(26-28-44)42-23-19-39(20-24-42)37-11-7-4-8-12-37/h4-5,7-32H,3,6H2,1-2H3/b33-29+. The van der Waals surface area contributed by atoms with Gasteiger partial charge in [-0.15, -0.1) is 11.3 Å². The van der Waals surface area contributed by atoms with Crippen LogP contribution in [0.15, 0.2) is 164 Å². The first-order chi connectivity index (χ1) is 24.1. The van der Waals surface area contributed by atoms with E-state index in [0.29, 0.717) is 0 Å². The highest BCUT2D eigenvalue weighted by molar-refractivity contribution is 7.22. The van der Waals surface area contributed by atoms with Crippen LogP contribution in [0.1, 0.15) is 42.0 Å². The number of fused-ring (bicyclic) bond motifs is 1. The van der Waals surface area contributed by atoms with Gasteiger partial charge in [0.25, 0.3) is 0 Å². The molecule has 0 fully saturated rings. The maximum Gasteiger partial charge on any atom is 0.0355 e. The van der Waals surface area contributed by atoms with Gasteiger partial charge in [-0.3, -0.25) is 0 Å². The van der Waals surface area contributed by atoms with Crippen LogP contribution in [0.3, 0.4) is 0 Å². The zero-order chi connectivity index (χ0) is 33.2. The number of rotatable bonds is 7. The van der Waals surface area contributed by atoms with E-state index in [4.69, 9.17) is 0 Å². The van der Waals surface area contributed by atoms with Crippen molar-refractivity contribution in [3.05, 3.63) is 186 Å². The lowest BCUT2D eigenvalue weighted by molar-refractivity contribution is 1.04.